The van der Waals surface area contributed by atoms with Gasteiger partial charge in [0.05, 0.1) is 0 Å². The van der Waals surface area contributed by atoms with Gasteiger partial charge in [-0.3, -0.25) is 4.79 Å². The minimum absolute atomic E-state index is 0.277. The number of nitrogen functional groups attached to an aromatic ring is 1. The lowest BCUT2D eigenvalue weighted by molar-refractivity contribution is -0.141. The molecule has 0 aromatic carbocycles. The minimum atomic E-state index is 0.277. The Morgan fingerprint density at radius 3 is 2.62 bits per heavy atom. The van der Waals surface area contributed by atoms with Crippen LogP contribution < -0.4 is 10.6 Å². The standard InChI is InChI=1S/C19H30N6O/c1-14-11-16(22-18(20)21-14)24-9-6-19(7-10-24)5-3-17(26)25(13-19)15-4-8-23(2)12-15/h11,15H,3-10,12-13H2,1-2H3,(H2,20,21,22). The number of carbonyl (C=O) groups excluding carboxylic acids is 1. The zero-order valence-corrected chi connectivity index (χ0v) is 15.9. The molecule has 7 heteroatoms. The van der Waals surface area contributed by atoms with Crippen molar-refractivity contribution in [2.45, 2.75) is 45.1 Å². The van der Waals surface area contributed by atoms with Crippen LogP contribution in [-0.4, -0.2) is 71.5 Å². The molecule has 1 atom stereocenters. The molecule has 3 saturated heterocycles. The molecule has 4 rings (SSSR count). The van der Waals surface area contributed by atoms with Gasteiger partial charge in [-0.15, -0.1) is 0 Å². The van der Waals surface area contributed by atoms with Crippen molar-refractivity contribution in [3.63, 3.8) is 0 Å². The molecule has 0 radical (unpaired) electrons. The summed E-state index contributed by atoms with van der Waals surface area (Å²) in [4.78, 5) is 28.0. The summed E-state index contributed by atoms with van der Waals surface area (Å²) < 4.78 is 0. The average molecular weight is 358 g/mol. The SMILES string of the molecule is Cc1cc(N2CCC3(CCC(=O)N(C4CCN(C)C4)C3)CC2)nc(N)n1. The van der Waals surface area contributed by atoms with Gasteiger partial charge >= 0.3 is 0 Å². The Balaban J connectivity index is 1.43. The summed E-state index contributed by atoms with van der Waals surface area (Å²) in [5, 5.41) is 0. The molecule has 3 aliphatic rings. The smallest absolute Gasteiger partial charge is 0.222 e. The Bertz CT molecular complexity index is 664. The summed E-state index contributed by atoms with van der Waals surface area (Å²) in [7, 11) is 2.15. The Morgan fingerprint density at radius 2 is 1.96 bits per heavy atom. The number of rotatable bonds is 2. The predicted molar refractivity (Wildman–Crippen MR) is 102 cm³/mol. The summed E-state index contributed by atoms with van der Waals surface area (Å²) in [6.07, 6.45) is 5.08. The van der Waals surface area contributed by atoms with E-state index in [9.17, 15) is 4.79 Å². The number of amides is 1. The largest absolute Gasteiger partial charge is 0.368 e. The fourth-order valence-corrected chi connectivity index (χ4v) is 4.90. The maximum Gasteiger partial charge on any atom is 0.222 e. The molecule has 1 aromatic rings. The molecule has 1 aromatic heterocycles. The number of nitrogens with two attached hydrogens (primary N) is 1. The normalized spacial score (nSPS) is 26.7. The number of anilines is 2. The molecule has 142 valence electrons. The second-order valence-corrected chi connectivity index (χ2v) is 8.44. The van der Waals surface area contributed by atoms with Crippen LogP contribution >= 0.6 is 0 Å². The molecule has 0 bridgehead atoms. The molecule has 1 unspecified atom stereocenters. The molecule has 0 saturated carbocycles. The highest BCUT2D eigenvalue weighted by Crippen LogP contribution is 2.42. The highest BCUT2D eigenvalue weighted by molar-refractivity contribution is 5.77. The first-order chi connectivity index (χ1) is 12.4. The van der Waals surface area contributed by atoms with Crippen molar-refractivity contribution in [2.24, 2.45) is 5.41 Å². The number of likely N-dealkylation sites (N-methyl/N-ethyl adjacent to an activating group) is 1. The maximum atomic E-state index is 12.5. The van der Waals surface area contributed by atoms with Crippen LogP contribution in [0.5, 0.6) is 0 Å². The Morgan fingerprint density at radius 1 is 1.19 bits per heavy atom. The van der Waals surface area contributed by atoms with Crippen LogP contribution in [0.4, 0.5) is 11.8 Å². The van der Waals surface area contributed by atoms with Crippen molar-refractivity contribution >= 4 is 17.7 Å². The van der Waals surface area contributed by atoms with Gasteiger partial charge < -0.3 is 20.4 Å². The van der Waals surface area contributed by atoms with Gasteiger partial charge in [0.15, 0.2) is 0 Å². The first-order valence-electron chi connectivity index (χ1n) is 9.78. The molecule has 3 aliphatic heterocycles. The van der Waals surface area contributed by atoms with Gasteiger partial charge in [-0.1, -0.05) is 0 Å². The second-order valence-electron chi connectivity index (χ2n) is 8.44. The van der Waals surface area contributed by atoms with Gasteiger partial charge in [0, 0.05) is 50.4 Å². The third-order valence-electron chi connectivity index (χ3n) is 6.51. The van der Waals surface area contributed by atoms with E-state index in [4.69, 9.17) is 5.73 Å². The molecule has 26 heavy (non-hydrogen) atoms. The molecule has 7 nitrogen and oxygen atoms in total. The van der Waals surface area contributed by atoms with Crippen LogP contribution in [0.15, 0.2) is 6.07 Å². The molecule has 4 heterocycles. The predicted octanol–water partition coefficient (Wildman–Crippen LogP) is 1.28. The lowest BCUT2D eigenvalue weighted by atomic mass is 9.72. The van der Waals surface area contributed by atoms with Crippen LogP contribution in [-0.2, 0) is 4.79 Å². The van der Waals surface area contributed by atoms with Crippen LogP contribution in [0.3, 0.4) is 0 Å². The number of piperidine rings is 2. The van der Waals surface area contributed by atoms with Gasteiger partial charge in [-0.05, 0) is 51.6 Å². The monoisotopic (exact) mass is 358 g/mol. The van der Waals surface area contributed by atoms with Gasteiger partial charge in [-0.2, -0.15) is 4.98 Å². The third kappa shape index (κ3) is 3.37. The van der Waals surface area contributed by atoms with E-state index >= 15 is 0 Å². The fourth-order valence-electron chi connectivity index (χ4n) is 4.90. The van der Waals surface area contributed by atoms with Crippen molar-refractivity contribution in [2.75, 3.05) is 50.4 Å². The van der Waals surface area contributed by atoms with Gasteiger partial charge in [-0.25, -0.2) is 4.98 Å². The van der Waals surface area contributed by atoms with Crippen molar-refractivity contribution in [3.05, 3.63) is 11.8 Å². The first-order valence-corrected chi connectivity index (χ1v) is 9.78. The van der Waals surface area contributed by atoms with Crippen molar-refractivity contribution in [3.8, 4) is 0 Å². The average Bonchev–Trinajstić information content (AvgIpc) is 3.03. The van der Waals surface area contributed by atoms with Crippen LogP contribution in [0, 0.1) is 12.3 Å². The van der Waals surface area contributed by atoms with E-state index in [-0.39, 0.29) is 5.41 Å². The molecular weight excluding hydrogens is 328 g/mol. The number of hydrogen-bond acceptors (Lipinski definition) is 6. The molecular formula is C19H30N6O. The minimum Gasteiger partial charge on any atom is -0.368 e. The van der Waals surface area contributed by atoms with Crippen molar-refractivity contribution in [1.82, 2.24) is 19.8 Å². The van der Waals surface area contributed by atoms with Gasteiger partial charge in [0.25, 0.3) is 0 Å². The second kappa shape index (κ2) is 6.68. The number of hydrogen-bond donors (Lipinski definition) is 1. The molecule has 0 aliphatic carbocycles. The lowest BCUT2D eigenvalue weighted by Gasteiger charge is -2.49. The number of nitrogens with zero attached hydrogens (tertiary/aromatic N) is 5. The van der Waals surface area contributed by atoms with E-state index in [0.29, 0.717) is 24.3 Å². The Hall–Kier alpha value is -1.89. The quantitative estimate of drug-likeness (QED) is 0.858. The number of carbonyl (C=O) groups is 1. The molecule has 3 fully saturated rings. The summed E-state index contributed by atoms with van der Waals surface area (Å²) in [5.41, 5.74) is 7.01. The van der Waals surface area contributed by atoms with Gasteiger partial charge in [0.2, 0.25) is 11.9 Å². The van der Waals surface area contributed by atoms with E-state index in [2.05, 4.69) is 31.7 Å². The number of aryl methyl sites for hydroxylation is 1. The topological polar surface area (TPSA) is 78.6 Å². The first kappa shape index (κ1) is 17.5. The molecule has 2 N–H and O–H groups in total. The fraction of sp³-hybridized carbons (Fsp3) is 0.737. The zero-order chi connectivity index (χ0) is 18.3. The highest BCUT2D eigenvalue weighted by Gasteiger charge is 2.43. The van der Waals surface area contributed by atoms with Crippen LogP contribution in [0.1, 0.15) is 37.8 Å². The van der Waals surface area contributed by atoms with Crippen molar-refractivity contribution in [1.29, 1.82) is 0 Å². The highest BCUT2D eigenvalue weighted by atomic mass is 16.2. The summed E-state index contributed by atoms with van der Waals surface area (Å²) >= 11 is 0. The summed E-state index contributed by atoms with van der Waals surface area (Å²) in [5.74, 6) is 1.64. The number of likely N-dealkylation sites (tertiary alicyclic amines) is 2. The Kier molecular flexibility index (Phi) is 4.50. The third-order valence-corrected chi connectivity index (χ3v) is 6.51. The van der Waals surface area contributed by atoms with E-state index in [0.717, 1.165) is 69.9 Å². The summed E-state index contributed by atoms with van der Waals surface area (Å²) in [6.45, 7) is 6.96. The molecule has 1 amide bonds. The van der Waals surface area contributed by atoms with E-state index < -0.39 is 0 Å². The Labute approximate surface area is 155 Å². The van der Waals surface area contributed by atoms with E-state index in [1.807, 2.05) is 13.0 Å². The van der Waals surface area contributed by atoms with Crippen molar-refractivity contribution < 1.29 is 4.79 Å². The number of aromatic nitrogens is 2. The zero-order valence-electron chi connectivity index (χ0n) is 15.9. The van der Waals surface area contributed by atoms with Gasteiger partial charge in [0.1, 0.15) is 5.82 Å². The maximum absolute atomic E-state index is 12.5. The molecule has 1 spiro atoms. The lowest BCUT2D eigenvalue weighted by Crippen LogP contribution is -2.55. The van der Waals surface area contributed by atoms with Crippen LogP contribution in [0.2, 0.25) is 0 Å². The van der Waals surface area contributed by atoms with E-state index in [1.165, 1.54) is 0 Å². The van der Waals surface area contributed by atoms with E-state index in [1.54, 1.807) is 0 Å². The summed E-state index contributed by atoms with van der Waals surface area (Å²) in [6, 6.07) is 2.42. The van der Waals surface area contributed by atoms with Crippen LogP contribution in [0.25, 0.3) is 0 Å².